The summed E-state index contributed by atoms with van der Waals surface area (Å²) in [6.45, 7) is 0. The molecular formula is C6H3F2S. The van der Waals surface area contributed by atoms with Crippen LogP contribution in [0.15, 0.2) is 23.1 Å². The molecule has 1 aromatic rings. The molecule has 0 nitrogen and oxygen atoms in total. The van der Waals surface area contributed by atoms with Crippen molar-refractivity contribution in [3.05, 3.63) is 29.8 Å². The van der Waals surface area contributed by atoms with Crippen LogP contribution in [0.4, 0.5) is 8.78 Å². The molecule has 1 radical (unpaired) electrons. The minimum absolute atomic E-state index is 0.0741. The molecule has 0 unspecified atom stereocenters. The molecule has 0 aliphatic heterocycles. The zero-order valence-corrected chi connectivity index (χ0v) is 5.21. The highest BCUT2D eigenvalue weighted by Crippen LogP contribution is 2.13. The van der Waals surface area contributed by atoms with Crippen LogP contribution in [0.2, 0.25) is 0 Å². The summed E-state index contributed by atoms with van der Waals surface area (Å²) in [6, 6.07) is 3.75. The Hall–Kier alpha value is -0.700. The maximum absolute atomic E-state index is 12.3. The van der Waals surface area contributed by atoms with Crippen LogP contribution in [0.3, 0.4) is 0 Å². The Morgan fingerprint density at radius 1 is 1.22 bits per heavy atom. The lowest BCUT2D eigenvalue weighted by molar-refractivity contribution is 0.492. The summed E-state index contributed by atoms with van der Waals surface area (Å²) in [5.74, 6) is -1.82. The van der Waals surface area contributed by atoms with Crippen molar-refractivity contribution in [1.29, 1.82) is 0 Å². The molecule has 0 saturated carbocycles. The first kappa shape index (κ1) is 6.42. The molecule has 0 heterocycles. The van der Waals surface area contributed by atoms with Gasteiger partial charge in [-0.1, -0.05) is 18.7 Å². The third kappa shape index (κ3) is 1.16. The van der Waals surface area contributed by atoms with Crippen LogP contribution in [0.5, 0.6) is 0 Å². The lowest BCUT2D eigenvalue weighted by atomic mass is 10.3. The van der Waals surface area contributed by atoms with E-state index < -0.39 is 11.6 Å². The fourth-order valence-corrected chi connectivity index (χ4v) is 0.660. The smallest absolute Gasteiger partial charge is 0.176 e. The van der Waals surface area contributed by atoms with Gasteiger partial charge in [-0.2, -0.15) is 0 Å². The normalized spacial score (nSPS) is 9.56. The lowest BCUT2D eigenvalue weighted by Gasteiger charge is -1.91. The third-order valence-electron chi connectivity index (χ3n) is 0.916. The highest BCUT2D eigenvalue weighted by Gasteiger charge is 2.02. The second kappa shape index (κ2) is 2.27. The molecule has 0 aliphatic carbocycles. The van der Waals surface area contributed by atoms with E-state index in [1.54, 1.807) is 0 Å². The van der Waals surface area contributed by atoms with Crippen molar-refractivity contribution < 1.29 is 8.78 Å². The fraction of sp³-hybridized carbons (Fsp3) is 0. The molecule has 0 spiro atoms. The van der Waals surface area contributed by atoms with Crippen LogP contribution < -0.4 is 0 Å². The van der Waals surface area contributed by atoms with E-state index in [1.165, 1.54) is 12.1 Å². The highest BCUT2D eigenvalue weighted by atomic mass is 32.1. The molecule has 0 bridgehead atoms. The summed E-state index contributed by atoms with van der Waals surface area (Å²) < 4.78 is 24.4. The Morgan fingerprint density at radius 3 is 2.33 bits per heavy atom. The summed E-state index contributed by atoms with van der Waals surface area (Å²) >= 11 is 4.43. The van der Waals surface area contributed by atoms with Gasteiger partial charge in [0.15, 0.2) is 11.6 Å². The maximum atomic E-state index is 12.3. The van der Waals surface area contributed by atoms with Crippen molar-refractivity contribution in [3.63, 3.8) is 0 Å². The second-order valence-electron chi connectivity index (χ2n) is 1.55. The number of rotatable bonds is 0. The van der Waals surface area contributed by atoms with Gasteiger partial charge in [-0.25, -0.2) is 8.78 Å². The van der Waals surface area contributed by atoms with E-state index in [4.69, 9.17) is 0 Å². The van der Waals surface area contributed by atoms with Crippen LogP contribution >= 0.6 is 12.6 Å². The van der Waals surface area contributed by atoms with Crippen LogP contribution in [-0.2, 0) is 0 Å². The monoisotopic (exact) mass is 145 g/mol. The van der Waals surface area contributed by atoms with Crippen LogP contribution in [0, 0.1) is 11.6 Å². The van der Waals surface area contributed by atoms with E-state index in [9.17, 15) is 8.78 Å². The zero-order valence-electron chi connectivity index (χ0n) is 4.40. The van der Waals surface area contributed by atoms with Crippen molar-refractivity contribution >= 4 is 12.6 Å². The number of hydrogen-bond donors (Lipinski definition) is 0. The van der Waals surface area contributed by atoms with Gasteiger partial charge in [-0.05, 0) is 12.1 Å². The first-order valence-corrected chi connectivity index (χ1v) is 2.73. The van der Waals surface area contributed by atoms with E-state index in [-0.39, 0.29) is 4.90 Å². The van der Waals surface area contributed by atoms with Gasteiger partial charge in [-0.3, -0.25) is 0 Å². The molecule has 0 N–H and O–H groups in total. The second-order valence-corrected chi connectivity index (χ2v) is 1.99. The van der Waals surface area contributed by atoms with E-state index in [1.807, 2.05) is 0 Å². The van der Waals surface area contributed by atoms with Gasteiger partial charge in [0.1, 0.15) is 0 Å². The van der Waals surface area contributed by atoms with Gasteiger partial charge in [-0.15, -0.1) is 0 Å². The van der Waals surface area contributed by atoms with E-state index in [0.717, 1.165) is 6.07 Å². The van der Waals surface area contributed by atoms with Crippen molar-refractivity contribution in [2.75, 3.05) is 0 Å². The Kier molecular flexibility index (Phi) is 1.62. The van der Waals surface area contributed by atoms with Crippen molar-refractivity contribution in [1.82, 2.24) is 0 Å². The van der Waals surface area contributed by atoms with Crippen LogP contribution in [-0.4, -0.2) is 0 Å². The van der Waals surface area contributed by atoms with Crippen molar-refractivity contribution in [2.24, 2.45) is 0 Å². The predicted molar refractivity (Wildman–Crippen MR) is 32.2 cm³/mol. The molecule has 47 valence electrons. The van der Waals surface area contributed by atoms with Gasteiger partial charge in [0.2, 0.25) is 0 Å². The Balaban J connectivity index is 3.25. The van der Waals surface area contributed by atoms with Gasteiger partial charge in [0, 0.05) is 0 Å². The van der Waals surface area contributed by atoms with E-state index in [0.29, 0.717) is 0 Å². The first-order chi connectivity index (χ1) is 4.22. The summed E-state index contributed by atoms with van der Waals surface area (Å²) in [5, 5.41) is 0. The van der Waals surface area contributed by atoms with Gasteiger partial charge in [0.25, 0.3) is 0 Å². The quantitative estimate of drug-likeness (QED) is 0.526. The molecule has 3 heteroatoms. The molecule has 0 aromatic heterocycles. The Bertz CT molecular complexity index is 202. The highest BCUT2D eigenvalue weighted by molar-refractivity contribution is 7.80. The summed E-state index contributed by atoms with van der Waals surface area (Å²) in [7, 11) is 0. The van der Waals surface area contributed by atoms with Crippen molar-refractivity contribution in [2.45, 2.75) is 4.90 Å². The number of hydrogen-bond acceptors (Lipinski definition) is 0. The summed E-state index contributed by atoms with van der Waals surface area (Å²) in [6.07, 6.45) is 0. The number of benzene rings is 1. The molecule has 1 rings (SSSR count). The largest absolute Gasteiger partial charge is 0.204 e. The molecular weight excluding hydrogens is 142 g/mol. The average molecular weight is 145 g/mol. The Morgan fingerprint density at radius 2 is 1.89 bits per heavy atom. The van der Waals surface area contributed by atoms with E-state index in [2.05, 4.69) is 12.6 Å². The third-order valence-corrected chi connectivity index (χ3v) is 1.23. The molecule has 0 aliphatic rings. The first-order valence-electron chi connectivity index (χ1n) is 2.33. The van der Waals surface area contributed by atoms with Crippen LogP contribution in [0.25, 0.3) is 0 Å². The molecule has 0 fully saturated rings. The van der Waals surface area contributed by atoms with E-state index >= 15 is 0 Å². The molecule has 1 aromatic carbocycles. The topological polar surface area (TPSA) is 0 Å². The minimum Gasteiger partial charge on any atom is -0.204 e. The fourth-order valence-electron chi connectivity index (χ4n) is 0.484. The molecule has 9 heavy (non-hydrogen) atoms. The standard InChI is InChI=1S/C6H3F2S/c7-4-2-1-3-5(9)6(4)8/h1-3H. The molecule has 0 saturated heterocycles. The van der Waals surface area contributed by atoms with Gasteiger partial charge < -0.3 is 0 Å². The maximum Gasteiger partial charge on any atom is 0.176 e. The minimum atomic E-state index is -0.937. The number of halogens is 2. The van der Waals surface area contributed by atoms with Crippen molar-refractivity contribution in [3.8, 4) is 0 Å². The molecule has 0 atom stereocenters. The average Bonchev–Trinajstić information content (AvgIpc) is 1.83. The van der Waals surface area contributed by atoms with Crippen LogP contribution in [0.1, 0.15) is 0 Å². The molecule has 0 amide bonds. The van der Waals surface area contributed by atoms with Gasteiger partial charge in [0.05, 0.1) is 4.90 Å². The zero-order chi connectivity index (χ0) is 6.85. The lowest BCUT2D eigenvalue weighted by Crippen LogP contribution is -1.82. The summed E-state index contributed by atoms with van der Waals surface area (Å²) in [4.78, 5) is -0.0741. The SMILES string of the molecule is Fc1cccc([S])c1F. The van der Waals surface area contributed by atoms with Gasteiger partial charge >= 0.3 is 0 Å². The Labute approximate surface area is 56.9 Å². The summed E-state index contributed by atoms with van der Waals surface area (Å²) in [5.41, 5.74) is 0. The predicted octanol–water partition coefficient (Wildman–Crippen LogP) is 2.52.